The number of rotatable bonds is 7. The van der Waals surface area contributed by atoms with Crippen LogP contribution in [-0.2, 0) is 11.3 Å². The molecule has 0 saturated heterocycles. The first-order chi connectivity index (χ1) is 13.0. The minimum Gasteiger partial charge on any atom is -0.497 e. The van der Waals surface area contributed by atoms with Crippen LogP contribution in [0.15, 0.2) is 48.5 Å². The average Bonchev–Trinajstić information content (AvgIpc) is 3.11. The summed E-state index contributed by atoms with van der Waals surface area (Å²) >= 11 is 1.64. The van der Waals surface area contributed by atoms with Gasteiger partial charge in [-0.3, -0.25) is 9.69 Å². The maximum atomic E-state index is 12.7. The first kappa shape index (κ1) is 19.3. The van der Waals surface area contributed by atoms with Crippen LogP contribution in [0.2, 0.25) is 0 Å². The maximum absolute atomic E-state index is 12.7. The fourth-order valence-electron chi connectivity index (χ4n) is 2.93. The van der Waals surface area contributed by atoms with Gasteiger partial charge < -0.3 is 9.64 Å². The van der Waals surface area contributed by atoms with Crippen LogP contribution in [0, 0.1) is 0 Å². The lowest BCUT2D eigenvalue weighted by Crippen LogP contribution is -2.37. The van der Waals surface area contributed by atoms with Crippen molar-refractivity contribution < 1.29 is 9.53 Å². The molecule has 3 rings (SSSR count). The normalized spacial score (nSPS) is 12.3. The third-order valence-electron chi connectivity index (χ3n) is 4.63. The topological polar surface area (TPSA) is 45.7 Å². The zero-order chi connectivity index (χ0) is 19.4. The van der Waals surface area contributed by atoms with E-state index in [0.717, 1.165) is 26.5 Å². The van der Waals surface area contributed by atoms with Crippen molar-refractivity contribution in [2.45, 2.75) is 19.5 Å². The SMILES string of the molecule is COc1cccc(CN(C)CC(=O)N(C)[C@@H](C)c2nc3ccccc3s2)c1. The summed E-state index contributed by atoms with van der Waals surface area (Å²) in [6, 6.07) is 15.9. The second-order valence-electron chi connectivity index (χ2n) is 6.72. The highest BCUT2D eigenvalue weighted by molar-refractivity contribution is 7.18. The van der Waals surface area contributed by atoms with Gasteiger partial charge in [-0.2, -0.15) is 0 Å². The van der Waals surface area contributed by atoms with E-state index in [1.165, 1.54) is 0 Å². The summed E-state index contributed by atoms with van der Waals surface area (Å²) in [4.78, 5) is 21.2. The number of hydrogen-bond donors (Lipinski definition) is 0. The Kier molecular flexibility index (Phi) is 6.08. The summed E-state index contributed by atoms with van der Waals surface area (Å²) in [5.41, 5.74) is 2.10. The van der Waals surface area contributed by atoms with Gasteiger partial charge in [0.25, 0.3) is 0 Å². The number of carbonyl (C=O) groups excluding carboxylic acids is 1. The number of fused-ring (bicyclic) bond motifs is 1. The summed E-state index contributed by atoms with van der Waals surface area (Å²) in [5.74, 6) is 0.904. The second kappa shape index (κ2) is 8.50. The molecule has 0 aliphatic heterocycles. The summed E-state index contributed by atoms with van der Waals surface area (Å²) in [6.07, 6.45) is 0. The molecule has 1 amide bonds. The van der Waals surface area contributed by atoms with Crippen molar-refractivity contribution in [2.24, 2.45) is 0 Å². The molecule has 1 atom stereocenters. The third-order valence-corrected chi connectivity index (χ3v) is 5.84. The number of nitrogens with zero attached hydrogens (tertiary/aromatic N) is 3. The lowest BCUT2D eigenvalue weighted by molar-refractivity contribution is -0.132. The van der Waals surface area contributed by atoms with Crippen molar-refractivity contribution in [3.8, 4) is 5.75 Å². The van der Waals surface area contributed by atoms with Gasteiger partial charge in [0, 0.05) is 13.6 Å². The Morgan fingerprint density at radius 3 is 2.70 bits per heavy atom. The number of thiazole rings is 1. The van der Waals surface area contributed by atoms with Crippen molar-refractivity contribution in [2.75, 3.05) is 27.7 Å². The van der Waals surface area contributed by atoms with Crippen LogP contribution in [0.4, 0.5) is 0 Å². The molecule has 1 aromatic heterocycles. The van der Waals surface area contributed by atoms with Gasteiger partial charge in [0.2, 0.25) is 5.91 Å². The molecule has 0 bridgehead atoms. The van der Waals surface area contributed by atoms with Gasteiger partial charge in [-0.1, -0.05) is 24.3 Å². The fraction of sp³-hybridized carbons (Fsp3) is 0.333. The molecule has 27 heavy (non-hydrogen) atoms. The molecule has 0 spiro atoms. The molecule has 0 fully saturated rings. The molecule has 0 aliphatic rings. The third kappa shape index (κ3) is 4.64. The molecular weight excluding hydrogens is 358 g/mol. The molecule has 0 aliphatic carbocycles. The number of amides is 1. The Labute approximate surface area is 164 Å². The van der Waals surface area contributed by atoms with Crippen LogP contribution in [0.25, 0.3) is 10.2 Å². The molecule has 3 aromatic rings. The van der Waals surface area contributed by atoms with Gasteiger partial charge in [0.1, 0.15) is 10.8 Å². The van der Waals surface area contributed by atoms with E-state index in [1.807, 2.05) is 68.4 Å². The van der Waals surface area contributed by atoms with Gasteiger partial charge >= 0.3 is 0 Å². The van der Waals surface area contributed by atoms with Gasteiger partial charge in [0.15, 0.2) is 0 Å². The Hall–Kier alpha value is -2.44. The van der Waals surface area contributed by atoms with Crippen molar-refractivity contribution in [3.05, 3.63) is 59.1 Å². The Morgan fingerprint density at radius 2 is 1.96 bits per heavy atom. The smallest absolute Gasteiger partial charge is 0.237 e. The number of hydrogen-bond acceptors (Lipinski definition) is 5. The van der Waals surface area contributed by atoms with Crippen LogP contribution < -0.4 is 4.74 Å². The van der Waals surface area contributed by atoms with E-state index in [4.69, 9.17) is 4.74 Å². The highest BCUT2D eigenvalue weighted by atomic mass is 32.1. The molecule has 0 saturated carbocycles. The molecule has 0 unspecified atom stereocenters. The van der Waals surface area contributed by atoms with E-state index in [0.29, 0.717) is 13.1 Å². The maximum Gasteiger partial charge on any atom is 0.237 e. The number of ether oxygens (including phenoxy) is 1. The van der Waals surface area contributed by atoms with Gasteiger partial charge in [-0.25, -0.2) is 4.98 Å². The summed E-state index contributed by atoms with van der Waals surface area (Å²) in [7, 11) is 5.46. The Balaban J connectivity index is 1.62. The van der Waals surface area contributed by atoms with E-state index < -0.39 is 0 Å². The summed E-state index contributed by atoms with van der Waals surface area (Å²) in [6.45, 7) is 3.06. The highest BCUT2D eigenvalue weighted by Gasteiger charge is 2.21. The van der Waals surface area contributed by atoms with Crippen molar-refractivity contribution >= 4 is 27.5 Å². The van der Waals surface area contributed by atoms with Crippen molar-refractivity contribution in [3.63, 3.8) is 0 Å². The molecule has 2 aromatic carbocycles. The summed E-state index contributed by atoms with van der Waals surface area (Å²) in [5, 5.41) is 0.961. The van der Waals surface area contributed by atoms with E-state index >= 15 is 0 Å². The van der Waals surface area contributed by atoms with Gasteiger partial charge in [0.05, 0.1) is 29.9 Å². The fourth-order valence-corrected chi connectivity index (χ4v) is 3.99. The van der Waals surface area contributed by atoms with Crippen molar-refractivity contribution in [1.82, 2.24) is 14.8 Å². The predicted octanol–water partition coefficient (Wildman–Crippen LogP) is 3.96. The van der Waals surface area contributed by atoms with E-state index in [-0.39, 0.29) is 11.9 Å². The number of likely N-dealkylation sites (N-methyl/N-ethyl adjacent to an activating group) is 2. The van der Waals surface area contributed by atoms with Crippen molar-refractivity contribution in [1.29, 1.82) is 0 Å². The standard InChI is InChI=1S/C21H25N3O2S/c1-15(21-22-18-10-5-6-11-19(18)27-21)24(3)20(25)14-23(2)13-16-8-7-9-17(12-16)26-4/h5-12,15H,13-14H2,1-4H3/t15-/m0/s1. The Morgan fingerprint density at radius 1 is 1.19 bits per heavy atom. The summed E-state index contributed by atoms with van der Waals surface area (Å²) < 4.78 is 6.41. The second-order valence-corrected chi connectivity index (χ2v) is 7.79. The molecule has 5 nitrogen and oxygen atoms in total. The lowest BCUT2D eigenvalue weighted by atomic mass is 10.2. The molecule has 0 N–H and O–H groups in total. The number of carbonyl (C=O) groups is 1. The molecular formula is C21H25N3O2S. The molecule has 0 radical (unpaired) electrons. The van der Waals surface area contributed by atoms with E-state index in [2.05, 4.69) is 11.1 Å². The first-order valence-corrected chi connectivity index (χ1v) is 9.72. The predicted molar refractivity (Wildman–Crippen MR) is 110 cm³/mol. The molecule has 6 heteroatoms. The largest absolute Gasteiger partial charge is 0.497 e. The number of methoxy groups -OCH3 is 1. The average molecular weight is 384 g/mol. The molecule has 142 valence electrons. The monoisotopic (exact) mass is 383 g/mol. The lowest BCUT2D eigenvalue weighted by Gasteiger charge is -2.26. The number of benzene rings is 2. The zero-order valence-corrected chi connectivity index (χ0v) is 17.0. The highest BCUT2D eigenvalue weighted by Crippen LogP contribution is 2.28. The van der Waals surface area contributed by atoms with Crippen LogP contribution >= 0.6 is 11.3 Å². The van der Waals surface area contributed by atoms with Crippen LogP contribution in [0.5, 0.6) is 5.75 Å². The van der Waals surface area contributed by atoms with Gasteiger partial charge in [-0.15, -0.1) is 11.3 Å². The quantitative estimate of drug-likeness (QED) is 0.620. The zero-order valence-electron chi connectivity index (χ0n) is 16.2. The number of para-hydroxylation sites is 1. The number of aromatic nitrogens is 1. The Bertz CT molecular complexity index is 891. The van der Waals surface area contributed by atoms with Gasteiger partial charge in [-0.05, 0) is 43.8 Å². The molecule has 1 heterocycles. The van der Waals surface area contributed by atoms with Crippen LogP contribution in [0.1, 0.15) is 23.5 Å². The van der Waals surface area contributed by atoms with E-state index in [9.17, 15) is 4.79 Å². The minimum absolute atomic E-state index is 0.0554. The van der Waals surface area contributed by atoms with Crippen LogP contribution in [-0.4, -0.2) is 48.4 Å². The first-order valence-electron chi connectivity index (χ1n) is 8.90. The van der Waals surface area contributed by atoms with E-state index in [1.54, 1.807) is 23.3 Å². The van der Waals surface area contributed by atoms with Crippen LogP contribution in [0.3, 0.4) is 0 Å². The minimum atomic E-state index is -0.0554.